The van der Waals surface area contributed by atoms with Crippen LogP contribution in [-0.4, -0.2) is 12.2 Å². The van der Waals surface area contributed by atoms with Crippen LogP contribution < -0.4 is 0 Å². The first-order valence-electron chi connectivity index (χ1n) is 6.06. The Labute approximate surface area is 114 Å². The van der Waals surface area contributed by atoms with Gasteiger partial charge in [-0.05, 0) is 12.1 Å². The Hall–Kier alpha value is -1.07. The number of aromatic nitrogens is 1. The molecule has 1 heterocycles. The highest BCUT2D eigenvalue weighted by Gasteiger charge is 2.21. The third-order valence-corrected chi connectivity index (χ3v) is 2.29. The lowest BCUT2D eigenvalue weighted by Crippen LogP contribution is -2.19. The minimum absolute atomic E-state index is 0. The van der Waals surface area contributed by atoms with Gasteiger partial charge in [0, 0.05) is 22.2 Å². The lowest BCUT2D eigenvalue weighted by atomic mass is 9.88. The Bertz CT molecular complexity index is 373. The van der Waals surface area contributed by atoms with E-state index in [9.17, 15) is 17.3 Å². The average Bonchev–Trinajstić information content (AvgIpc) is 2.12. The second-order valence-corrected chi connectivity index (χ2v) is 6.40. The fourth-order valence-corrected chi connectivity index (χ4v) is 1.27. The van der Waals surface area contributed by atoms with E-state index < -0.39 is 7.25 Å². The molecule has 0 amide bonds. The quantitative estimate of drug-likeness (QED) is 0.476. The number of hydrogen-bond acceptors (Lipinski definition) is 1. The normalized spacial score (nSPS) is 12.7. The minimum Gasteiger partial charge on any atom is -0.418 e. The van der Waals surface area contributed by atoms with Crippen LogP contribution in [0.2, 0.25) is 0 Å². The molecule has 1 nitrogen and oxygen atoms in total. The molecule has 110 valence electrons. The molecule has 0 saturated heterocycles. The van der Waals surface area contributed by atoms with Crippen LogP contribution in [0.5, 0.6) is 0 Å². The maximum Gasteiger partial charge on any atom is 1.00 e. The van der Waals surface area contributed by atoms with E-state index in [4.69, 9.17) is 4.98 Å². The molecular formula is C13H22BF4N. The molecule has 0 aromatic carbocycles. The molecule has 0 saturated carbocycles. The molecule has 6 heteroatoms. The maximum absolute atomic E-state index is 9.75. The zero-order valence-electron chi connectivity index (χ0n) is 13.3. The van der Waals surface area contributed by atoms with Crippen molar-refractivity contribution in [3.8, 4) is 0 Å². The van der Waals surface area contributed by atoms with Gasteiger partial charge in [-0.15, -0.1) is 0 Å². The van der Waals surface area contributed by atoms with Crippen LogP contribution in [0, 0.1) is 0 Å². The third kappa shape index (κ3) is 8.62. The molecule has 1 aromatic rings. The summed E-state index contributed by atoms with van der Waals surface area (Å²) in [6.07, 6.45) is 0. The molecule has 19 heavy (non-hydrogen) atoms. The Kier molecular flexibility index (Phi) is 5.59. The number of nitrogens with zero attached hydrogens (tertiary/aromatic N) is 1. The van der Waals surface area contributed by atoms with Gasteiger partial charge in [-0.1, -0.05) is 47.6 Å². The van der Waals surface area contributed by atoms with Gasteiger partial charge >= 0.3 is 8.68 Å². The SMILES string of the molecule is CC(C)(C)c1cccc(C(C)(C)C)n1.F[B-](F)(F)F.[H+]. The topological polar surface area (TPSA) is 12.9 Å². The van der Waals surface area contributed by atoms with Crippen LogP contribution >= 0.6 is 0 Å². The molecule has 0 fully saturated rings. The van der Waals surface area contributed by atoms with Gasteiger partial charge in [0.2, 0.25) is 0 Å². The molecule has 1 rings (SSSR count). The van der Waals surface area contributed by atoms with Crippen molar-refractivity contribution in [3.05, 3.63) is 29.6 Å². The minimum atomic E-state index is -6.00. The van der Waals surface area contributed by atoms with E-state index in [2.05, 4.69) is 59.7 Å². The molecule has 0 N–H and O–H groups in total. The van der Waals surface area contributed by atoms with Crippen molar-refractivity contribution in [1.29, 1.82) is 0 Å². The molecule has 0 aliphatic carbocycles. The van der Waals surface area contributed by atoms with Crippen molar-refractivity contribution in [2.75, 3.05) is 0 Å². The molecule has 0 spiro atoms. The zero-order chi connectivity index (χ0) is 15.5. The monoisotopic (exact) mass is 279 g/mol. The fourth-order valence-electron chi connectivity index (χ4n) is 1.27. The highest BCUT2D eigenvalue weighted by atomic mass is 19.5. The van der Waals surface area contributed by atoms with Gasteiger partial charge in [0.15, 0.2) is 0 Å². The summed E-state index contributed by atoms with van der Waals surface area (Å²) in [5, 5.41) is 0. The fraction of sp³-hybridized carbons (Fsp3) is 0.615. The lowest BCUT2D eigenvalue weighted by molar-refractivity contribution is 0.368. The Balaban J connectivity index is 0. The van der Waals surface area contributed by atoms with E-state index in [0.29, 0.717) is 0 Å². The molecule has 0 bridgehead atoms. The number of hydrogen-bond donors (Lipinski definition) is 0. The van der Waals surface area contributed by atoms with Gasteiger partial charge in [-0.3, -0.25) is 4.98 Å². The molecule has 0 radical (unpaired) electrons. The maximum atomic E-state index is 9.75. The smallest absolute Gasteiger partial charge is 0.418 e. The highest BCUT2D eigenvalue weighted by molar-refractivity contribution is 6.50. The summed E-state index contributed by atoms with van der Waals surface area (Å²) < 4.78 is 39.0. The standard InChI is InChI=1S/C13H21N.BF4/c1-12(2,3)10-8-7-9-11(14-10)13(4,5)6;2-1(3,4)5/h7-9H,1-6H3;/q;-1/p+1. The predicted octanol–water partition coefficient (Wildman–Crippen LogP) is 5.09. The van der Waals surface area contributed by atoms with Crippen LogP contribution in [0.25, 0.3) is 0 Å². The average molecular weight is 279 g/mol. The van der Waals surface area contributed by atoms with Crippen molar-refractivity contribution >= 4 is 7.25 Å². The number of rotatable bonds is 0. The van der Waals surface area contributed by atoms with E-state index in [0.717, 1.165) is 0 Å². The Morgan fingerprint density at radius 1 is 0.842 bits per heavy atom. The first kappa shape index (κ1) is 17.9. The van der Waals surface area contributed by atoms with Crippen molar-refractivity contribution in [3.63, 3.8) is 0 Å². The lowest BCUT2D eigenvalue weighted by Gasteiger charge is -2.23. The van der Waals surface area contributed by atoms with Crippen molar-refractivity contribution in [1.82, 2.24) is 4.98 Å². The summed E-state index contributed by atoms with van der Waals surface area (Å²) in [5.41, 5.74) is 2.62. The van der Waals surface area contributed by atoms with Crippen molar-refractivity contribution < 1.29 is 18.7 Å². The van der Waals surface area contributed by atoms with Gasteiger partial charge in [-0.2, -0.15) is 0 Å². The second kappa shape index (κ2) is 5.93. The molecule has 1 aromatic heterocycles. The summed E-state index contributed by atoms with van der Waals surface area (Å²) in [5.74, 6) is 0. The van der Waals surface area contributed by atoms with Crippen molar-refractivity contribution in [2.24, 2.45) is 0 Å². The largest absolute Gasteiger partial charge is 1.00 e. The van der Waals surface area contributed by atoms with Crippen LogP contribution in [0.1, 0.15) is 54.4 Å². The Morgan fingerprint density at radius 3 is 1.32 bits per heavy atom. The summed E-state index contributed by atoms with van der Waals surface area (Å²) in [6.45, 7) is 13.2. The van der Waals surface area contributed by atoms with E-state index in [1.54, 1.807) is 0 Å². The van der Waals surface area contributed by atoms with Crippen LogP contribution in [0.4, 0.5) is 17.3 Å². The summed E-state index contributed by atoms with van der Waals surface area (Å²) in [4.78, 5) is 4.72. The van der Waals surface area contributed by atoms with E-state index in [1.807, 2.05) is 0 Å². The molecule has 0 unspecified atom stereocenters. The Morgan fingerprint density at radius 2 is 1.11 bits per heavy atom. The molecular weight excluding hydrogens is 257 g/mol. The van der Waals surface area contributed by atoms with E-state index >= 15 is 0 Å². The van der Waals surface area contributed by atoms with Gasteiger partial charge in [0.1, 0.15) is 0 Å². The molecule has 0 atom stereocenters. The number of pyridine rings is 1. The first-order chi connectivity index (χ1) is 8.21. The molecule has 0 aliphatic heterocycles. The summed E-state index contributed by atoms with van der Waals surface area (Å²) in [6, 6.07) is 6.32. The van der Waals surface area contributed by atoms with Crippen LogP contribution in [0.3, 0.4) is 0 Å². The highest BCUT2D eigenvalue weighted by Crippen LogP contribution is 2.24. The zero-order valence-corrected chi connectivity index (χ0v) is 12.3. The van der Waals surface area contributed by atoms with Crippen molar-refractivity contribution in [2.45, 2.75) is 52.4 Å². The third-order valence-electron chi connectivity index (χ3n) is 2.29. The first-order valence-corrected chi connectivity index (χ1v) is 6.06. The van der Waals surface area contributed by atoms with Crippen LogP contribution in [-0.2, 0) is 10.8 Å². The van der Waals surface area contributed by atoms with Gasteiger partial charge in [0.05, 0.1) is 0 Å². The van der Waals surface area contributed by atoms with E-state index in [-0.39, 0.29) is 12.3 Å². The second-order valence-electron chi connectivity index (χ2n) is 6.40. The molecule has 0 aliphatic rings. The summed E-state index contributed by atoms with van der Waals surface area (Å²) in [7, 11) is -6.00. The van der Waals surface area contributed by atoms with Crippen LogP contribution in [0.15, 0.2) is 18.2 Å². The predicted molar refractivity (Wildman–Crippen MR) is 72.9 cm³/mol. The van der Waals surface area contributed by atoms with Gasteiger partial charge in [-0.25, -0.2) is 0 Å². The summed E-state index contributed by atoms with van der Waals surface area (Å²) >= 11 is 0. The van der Waals surface area contributed by atoms with E-state index in [1.165, 1.54) is 11.4 Å². The van der Waals surface area contributed by atoms with Gasteiger partial charge in [0.25, 0.3) is 0 Å². The van der Waals surface area contributed by atoms with Gasteiger partial charge < -0.3 is 17.3 Å². The number of halogens is 4.